The van der Waals surface area contributed by atoms with Crippen LogP contribution in [0.15, 0.2) is 12.2 Å². The van der Waals surface area contributed by atoms with Gasteiger partial charge in [0, 0.05) is 0 Å². The zero-order valence-electron chi connectivity index (χ0n) is 28.8. The van der Waals surface area contributed by atoms with E-state index in [1.54, 1.807) is 0 Å². The smallest absolute Gasteiger partial charge is 0.249 e. The predicted molar refractivity (Wildman–Crippen MR) is 185 cm³/mol. The molecule has 0 aliphatic heterocycles. The first kappa shape index (κ1) is 42.1. The number of amides is 1. The van der Waals surface area contributed by atoms with Crippen LogP contribution in [0.2, 0.25) is 0 Å². The summed E-state index contributed by atoms with van der Waals surface area (Å²) in [7, 11) is 0. The van der Waals surface area contributed by atoms with Gasteiger partial charge in [0.2, 0.25) is 5.91 Å². The van der Waals surface area contributed by atoms with Crippen LogP contribution in [-0.4, -0.2) is 46.1 Å². The topological polar surface area (TPSA) is 89.8 Å². The first-order valence-electron chi connectivity index (χ1n) is 19.0. The largest absolute Gasteiger partial charge is 0.394 e. The second-order valence-corrected chi connectivity index (χ2v) is 13.1. The summed E-state index contributed by atoms with van der Waals surface area (Å²) in [4.78, 5) is 12.3. The number of aliphatic hydroxyl groups is 3. The molecule has 0 saturated carbocycles. The molecule has 0 aliphatic carbocycles. The number of carbonyl (C=O) groups is 1. The van der Waals surface area contributed by atoms with E-state index in [4.69, 9.17) is 0 Å². The van der Waals surface area contributed by atoms with Gasteiger partial charge in [0.1, 0.15) is 6.10 Å². The van der Waals surface area contributed by atoms with Gasteiger partial charge < -0.3 is 20.6 Å². The average molecular weight is 610 g/mol. The van der Waals surface area contributed by atoms with E-state index in [-0.39, 0.29) is 6.61 Å². The van der Waals surface area contributed by atoms with Crippen molar-refractivity contribution >= 4 is 5.91 Å². The van der Waals surface area contributed by atoms with E-state index < -0.39 is 24.2 Å². The number of hydrogen-bond acceptors (Lipinski definition) is 4. The Kier molecular flexibility index (Phi) is 33.3. The van der Waals surface area contributed by atoms with Crippen LogP contribution < -0.4 is 5.32 Å². The molecule has 5 nitrogen and oxygen atoms in total. The van der Waals surface area contributed by atoms with E-state index in [1.807, 2.05) is 6.08 Å². The summed E-state index contributed by atoms with van der Waals surface area (Å²) >= 11 is 0. The van der Waals surface area contributed by atoms with Crippen molar-refractivity contribution in [2.75, 3.05) is 6.61 Å². The van der Waals surface area contributed by atoms with Crippen molar-refractivity contribution in [3.63, 3.8) is 0 Å². The molecule has 0 fully saturated rings. The Balaban J connectivity index is 3.58. The lowest BCUT2D eigenvalue weighted by atomic mass is 10.0. The molecule has 256 valence electrons. The predicted octanol–water partition coefficient (Wildman–Crippen LogP) is 10.1. The standard InChI is InChI=1S/C38H75NO4/c1-3-5-7-9-11-13-14-15-16-17-18-19-20-21-22-23-24-25-27-28-30-32-36(41)35(34-40)39-38(43)37(42)33-31-29-26-12-10-8-6-4-2/h26,29,35-37,40-42H,3-25,27-28,30-34H2,1-2H3,(H,39,43)/b29-26-. The quantitative estimate of drug-likeness (QED) is 0.0432. The van der Waals surface area contributed by atoms with E-state index in [2.05, 4.69) is 25.2 Å². The maximum Gasteiger partial charge on any atom is 0.249 e. The van der Waals surface area contributed by atoms with E-state index in [0.29, 0.717) is 19.3 Å². The van der Waals surface area contributed by atoms with Gasteiger partial charge in [-0.05, 0) is 32.1 Å². The van der Waals surface area contributed by atoms with Crippen LogP contribution in [0, 0.1) is 0 Å². The van der Waals surface area contributed by atoms with Crippen LogP contribution >= 0.6 is 0 Å². The lowest BCUT2D eigenvalue weighted by molar-refractivity contribution is -0.131. The van der Waals surface area contributed by atoms with Crippen LogP contribution in [-0.2, 0) is 4.79 Å². The first-order chi connectivity index (χ1) is 21.1. The van der Waals surface area contributed by atoms with Gasteiger partial charge >= 0.3 is 0 Å². The number of nitrogens with one attached hydrogen (secondary N) is 1. The molecular formula is C38H75NO4. The monoisotopic (exact) mass is 610 g/mol. The molecule has 5 heteroatoms. The molecule has 0 aromatic heterocycles. The van der Waals surface area contributed by atoms with Crippen LogP contribution in [0.5, 0.6) is 0 Å². The Morgan fingerprint density at radius 3 is 1.33 bits per heavy atom. The van der Waals surface area contributed by atoms with Gasteiger partial charge in [-0.2, -0.15) is 0 Å². The molecule has 0 aromatic carbocycles. The van der Waals surface area contributed by atoms with Gasteiger partial charge in [0.15, 0.2) is 0 Å². The molecule has 0 rings (SSSR count). The highest BCUT2D eigenvalue weighted by molar-refractivity contribution is 5.80. The van der Waals surface area contributed by atoms with E-state index in [9.17, 15) is 20.1 Å². The van der Waals surface area contributed by atoms with Crippen LogP contribution in [0.4, 0.5) is 0 Å². The van der Waals surface area contributed by atoms with Crippen LogP contribution in [0.1, 0.15) is 200 Å². The second-order valence-electron chi connectivity index (χ2n) is 13.1. The third kappa shape index (κ3) is 29.6. The Labute approximate surface area is 268 Å². The fourth-order valence-corrected chi connectivity index (χ4v) is 5.84. The summed E-state index contributed by atoms with van der Waals surface area (Å²) in [6, 6.07) is -0.721. The number of hydrogen-bond donors (Lipinski definition) is 4. The van der Waals surface area contributed by atoms with Crippen molar-refractivity contribution in [1.82, 2.24) is 5.32 Å². The molecule has 4 N–H and O–H groups in total. The molecule has 0 aromatic rings. The van der Waals surface area contributed by atoms with Crippen molar-refractivity contribution in [3.8, 4) is 0 Å². The second kappa shape index (κ2) is 34.0. The minimum absolute atomic E-state index is 0.323. The van der Waals surface area contributed by atoms with Crippen LogP contribution in [0.25, 0.3) is 0 Å². The molecule has 0 bridgehead atoms. The molecule has 0 spiro atoms. The Morgan fingerprint density at radius 2 is 0.907 bits per heavy atom. The number of aliphatic hydroxyl groups excluding tert-OH is 3. The lowest BCUT2D eigenvalue weighted by Crippen LogP contribution is -2.49. The molecule has 3 atom stereocenters. The fourth-order valence-electron chi connectivity index (χ4n) is 5.84. The van der Waals surface area contributed by atoms with Crippen molar-refractivity contribution in [2.45, 2.75) is 218 Å². The summed E-state index contributed by atoms with van der Waals surface area (Å²) in [5.41, 5.74) is 0. The Morgan fingerprint density at radius 1 is 0.535 bits per heavy atom. The Hall–Kier alpha value is -0.910. The number of carbonyl (C=O) groups excluding carboxylic acids is 1. The SMILES string of the molecule is CCCCCC/C=C\CCC(O)C(=O)NC(CO)C(O)CCCCCCCCCCCCCCCCCCCCCCC. The molecule has 43 heavy (non-hydrogen) atoms. The molecule has 0 saturated heterocycles. The lowest BCUT2D eigenvalue weighted by Gasteiger charge is -2.23. The molecule has 0 aliphatic rings. The third-order valence-electron chi connectivity index (χ3n) is 8.89. The summed E-state index contributed by atoms with van der Waals surface area (Å²) in [6.07, 6.45) is 38.0. The Bertz CT molecular complexity index is 596. The molecule has 1 amide bonds. The maximum absolute atomic E-state index is 12.3. The van der Waals surface area contributed by atoms with Gasteiger partial charge in [-0.3, -0.25) is 4.79 Å². The van der Waals surface area contributed by atoms with E-state index in [0.717, 1.165) is 19.3 Å². The highest BCUT2D eigenvalue weighted by Gasteiger charge is 2.23. The normalized spacial score (nSPS) is 13.9. The van der Waals surface area contributed by atoms with Crippen molar-refractivity contribution in [2.24, 2.45) is 0 Å². The summed E-state index contributed by atoms with van der Waals surface area (Å²) < 4.78 is 0. The first-order valence-corrected chi connectivity index (χ1v) is 19.0. The van der Waals surface area contributed by atoms with Gasteiger partial charge in [-0.25, -0.2) is 0 Å². The maximum atomic E-state index is 12.3. The summed E-state index contributed by atoms with van der Waals surface area (Å²) in [5, 5.41) is 32.9. The number of allylic oxidation sites excluding steroid dienone is 2. The molecule has 0 radical (unpaired) electrons. The fraction of sp³-hybridized carbons (Fsp3) is 0.921. The van der Waals surface area contributed by atoms with Crippen molar-refractivity contribution in [1.29, 1.82) is 0 Å². The van der Waals surface area contributed by atoms with Crippen molar-refractivity contribution < 1.29 is 20.1 Å². The summed E-state index contributed by atoms with van der Waals surface area (Å²) in [6.45, 7) is 4.16. The zero-order valence-corrected chi connectivity index (χ0v) is 28.8. The summed E-state index contributed by atoms with van der Waals surface area (Å²) in [5.74, 6) is -0.506. The van der Waals surface area contributed by atoms with Crippen molar-refractivity contribution in [3.05, 3.63) is 12.2 Å². The van der Waals surface area contributed by atoms with Crippen LogP contribution in [0.3, 0.4) is 0 Å². The van der Waals surface area contributed by atoms with Gasteiger partial charge in [-0.1, -0.05) is 180 Å². The molecule has 3 unspecified atom stereocenters. The number of unbranched alkanes of at least 4 members (excludes halogenated alkanes) is 24. The zero-order chi connectivity index (χ0) is 31.6. The highest BCUT2D eigenvalue weighted by atomic mass is 16.3. The van der Waals surface area contributed by atoms with Gasteiger partial charge in [0.05, 0.1) is 18.8 Å². The van der Waals surface area contributed by atoms with E-state index in [1.165, 1.54) is 148 Å². The number of rotatable bonds is 34. The van der Waals surface area contributed by atoms with Gasteiger partial charge in [0.25, 0.3) is 0 Å². The minimum atomic E-state index is -1.12. The molecule has 0 heterocycles. The third-order valence-corrected chi connectivity index (χ3v) is 8.89. The highest BCUT2D eigenvalue weighted by Crippen LogP contribution is 2.16. The average Bonchev–Trinajstić information content (AvgIpc) is 3.01. The van der Waals surface area contributed by atoms with E-state index >= 15 is 0 Å². The minimum Gasteiger partial charge on any atom is -0.394 e. The van der Waals surface area contributed by atoms with Gasteiger partial charge in [-0.15, -0.1) is 0 Å². The molecular weight excluding hydrogens is 534 g/mol.